The molecule has 0 spiro atoms. The van der Waals surface area contributed by atoms with Crippen LogP contribution in [0, 0.1) is 0 Å². The molecule has 0 saturated heterocycles. The molecule has 0 aliphatic rings. The van der Waals surface area contributed by atoms with Crippen LogP contribution < -0.4 is 10.6 Å². The molecule has 102 valence electrons. The monoisotopic (exact) mass is 266 g/mol. The maximum Gasteiger partial charge on any atom is 0.0651 e. The van der Waals surface area contributed by atoms with E-state index < -0.39 is 0 Å². The van der Waals surface area contributed by atoms with E-state index >= 15 is 0 Å². The van der Waals surface area contributed by atoms with Gasteiger partial charge in [0, 0.05) is 30.7 Å². The molecule has 1 heterocycles. The lowest BCUT2D eigenvalue weighted by atomic mass is 10.2. The number of hydrogen-bond acceptors (Lipinski definition) is 3. The molecule has 0 bridgehead atoms. The van der Waals surface area contributed by atoms with Gasteiger partial charge in [-0.25, -0.2) is 0 Å². The fourth-order valence-electron chi connectivity index (χ4n) is 2.18. The van der Waals surface area contributed by atoms with Gasteiger partial charge in [0.25, 0.3) is 0 Å². The van der Waals surface area contributed by atoms with Crippen molar-refractivity contribution in [3.63, 3.8) is 0 Å². The molecule has 1 aromatic heterocycles. The minimum Gasteiger partial charge on any atom is -0.384 e. The zero-order valence-electron chi connectivity index (χ0n) is 11.3. The van der Waals surface area contributed by atoms with E-state index in [0.29, 0.717) is 0 Å². The lowest BCUT2D eigenvalue weighted by Crippen LogP contribution is -2.21. The Hall–Kier alpha value is -2.33. The van der Waals surface area contributed by atoms with Gasteiger partial charge < -0.3 is 10.6 Å². The summed E-state index contributed by atoms with van der Waals surface area (Å²) in [4.78, 5) is 0. The van der Waals surface area contributed by atoms with E-state index in [1.807, 2.05) is 18.3 Å². The van der Waals surface area contributed by atoms with Gasteiger partial charge in [-0.05, 0) is 23.8 Å². The van der Waals surface area contributed by atoms with Crippen molar-refractivity contribution in [3.8, 4) is 0 Å². The van der Waals surface area contributed by atoms with Crippen LogP contribution in [0.2, 0.25) is 0 Å². The third kappa shape index (κ3) is 3.16. The maximum absolute atomic E-state index is 4.02. The summed E-state index contributed by atoms with van der Waals surface area (Å²) in [5.74, 6) is 0. The number of hydrogen-bond donors (Lipinski definition) is 3. The average Bonchev–Trinajstić information content (AvgIpc) is 2.95. The molecule has 2 aromatic carbocycles. The van der Waals surface area contributed by atoms with Crippen molar-refractivity contribution >= 4 is 16.6 Å². The fourth-order valence-corrected chi connectivity index (χ4v) is 2.18. The largest absolute Gasteiger partial charge is 0.384 e. The summed E-state index contributed by atoms with van der Waals surface area (Å²) in [6, 6.07) is 16.7. The number of aromatic amines is 1. The van der Waals surface area contributed by atoms with Gasteiger partial charge in [0.05, 0.1) is 11.7 Å². The van der Waals surface area contributed by atoms with Gasteiger partial charge in [0.15, 0.2) is 0 Å². The van der Waals surface area contributed by atoms with E-state index in [1.165, 1.54) is 5.56 Å². The molecule has 0 aliphatic heterocycles. The van der Waals surface area contributed by atoms with Gasteiger partial charge in [-0.2, -0.15) is 5.10 Å². The van der Waals surface area contributed by atoms with E-state index in [9.17, 15) is 0 Å². The smallest absolute Gasteiger partial charge is 0.0651 e. The summed E-state index contributed by atoms with van der Waals surface area (Å²) in [6.07, 6.45) is 1.84. The average molecular weight is 266 g/mol. The van der Waals surface area contributed by atoms with Gasteiger partial charge in [0.2, 0.25) is 0 Å². The first-order chi connectivity index (χ1) is 9.92. The van der Waals surface area contributed by atoms with Crippen molar-refractivity contribution in [1.82, 2.24) is 15.5 Å². The molecule has 0 fully saturated rings. The van der Waals surface area contributed by atoms with Crippen LogP contribution in [0.4, 0.5) is 5.69 Å². The molecule has 4 nitrogen and oxygen atoms in total. The second kappa shape index (κ2) is 6.21. The minimum atomic E-state index is 0.899. The first kappa shape index (κ1) is 12.7. The Bertz CT molecular complexity index is 660. The molecule has 0 radical (unpaired) electrons. The predicted octanol–water partition coefficient (Wildman–Crippen LogP) is 2.76. The number of fused-ring (bicyclic) bond motifs is 1. The SMILES string of the molecule is c1ccc(CNCCNc2ccc3[nH]ncc3c2)cc1. The molecule has 0 amide bonds. The Morgan fingerprint density at radius 3 is 2.80 bits per heavy atom. The van der Waals surface area contributed by atoms with Crippen molar-refractivity contribution < 1.29 is 0 Å². The summed E-state index contributed by atoms with van der Waals surface area (Å²) >= 11 is 0. The van der Waals surface area contributed by atoms with Gasteiger partial charge in [-0.3, -0.25) is 5.10 Å². The summed E-state index contributed by atoms with van der Waals surface area (Å²) in [5, 5.41) is 14.9. The van der Waals surface area contributed by atoms with E-state index in [2.05, 4.69) is 57.2 Å². The number of anilines is 1. The van der Waals surface area contributed by atoms with Crippen LogP contribution >= 0.6 is 0 Å². The molecule has 0 saturated carbocycles. The summed E-state index contributed by atoms with van der Waals surface area (Å²) < 4.78 is 0. The maximum atomic E-state index is 4.02. The van der Waals surface area contributed by atoms with Gasteiger partial charge in [-0.1, -0.05) is 30.3 Å². The molecular weight excluding hydrogens is 248 g/mol. The van der Waals surface area contributed by atoms with Crippen molar-refractivity contribution in [2.75, 3.05) is 18.4 Å². The topological polar surface area (TPSA) is 52.7 Å². The molecular formula is C16H18N4. The highest BCUT2D eigenvalue weighted by Crippen LogP contribution is 2.16. The number of nitrogens with zero attached hydrogens (tertiary/aromatic N) is 1. The van der Waals surface area contributed by atoms with E-state index in [4.69, 9.17) is 0 Å². The fraction of sp³-hybridized carbons (Fsp3) is 0.188. The number of benzene rings is 2. The van der Waals surface area contributed by atoms with Crippen molar-refractivity contribution in [1.29, 1.82) is 0 Å². The Balaban J connectivity index is 1.43. The van der Waals surface area contributed by atoms with Crippen LogP contribution in [0.1, 0.15) is 5.56 Å². The van der Waals surface area contributed by atoms with Crippen LogP contribution in [0.3, 0.4) is 0 Å². The summed E-state index contributed by atoms with van der Waals surface area (Å²) in [6.45, 7) is 2.73. The Kier molecular flexibility index (Phi) is 3.94. The quantitative estimate of drug-likeness (QED) is 0.601. The van der Waals surface area contributed by atoms with Crippen LogP contribution in [-0.4, -0.2) is 23.3 Å². The molecule has 0 unspecified atom stereocenters. The van der Waals surface area contributed by atoms with Crippen LogP contribution in [0.15, 0.2) is 54.7 Å². The van der Waals surface area contributed by atoms with Gasteiger partial charge >= 0.3 is 0 Å². The number of rotatable bonds is 6. The highest BCUT2D eigenvalue weighted by Gasteiger charge is 1.97. The summed E-state index contributed by atoms with van der Waals surface area (Å²) in [7, 11) is 0. The number of H-pyrrole nitrogens is 1. The van der Waals surface area contributed by atoms with Crippen molar-refractivity contribution in [2.45, 2.75) is 6.54 Å². The van der Waals surface area contributed by atoms with Crippen molar-refractivity contribution in [3.05, 3.63) is 60.3 Å². The highest BCUT2D eigenvalue weighted by atomic mass is 15.1. The Labute approximate surface area is 118 Å². The third-order valence-corrected chi connectivity index (χ3v) is 3.24. The second-order valence-corrected chi connectivity index (χ2v) is 4.76. The Morgan fingerprint density at radius 1 is 1.00 bits per heavy atom. The van der Waals surface area contributed by atoms with Crippen molar-refractivity contribution in [2.24, 2.45) is 0 Å². The summed E-state index contributed by atoms with van der Waals surface area (Å²) in [5.41, 5.74) is 3.51. The van der Waals surface area contributed by atoms with E-state index in [0.717, 1.165) is 36.2 Å². The first-order valence-electron chi connectivity index (χ1n) is 6.83. The lowest BCUT2D eigenvalue weighted by molar-refractivity contribution is 0.707. The third-order valence-electron chi connectivity index (χ3n) is 3.24. The normalized spacial score (nSPS) is 10.8. The van der Waals surface area contributed by atoms with E-state index in [1.54, 1.807) is 0 Å². The molecule has 0 aliphatic carbocycles. The van der Waals surface area contributed by atoms with Crippen LogP contribution in [0.5, 0.6) is 0 Å². The number of aromatic nitrogens is 2. The zero-order valence-corrected chi connectivity index (χ0v) is 11.3. The van der Waals surface area contributed by atoms with Gasteiger partial charge in [0.1, 0.15) is 0 Å². The second-order valence-electron chi connectivity index (χ2n) is 4.76. The van der Waals surface area contributed by atoms with Crippen LogP contribution in [0.25, 0.3) is 10.9 Å². The zero-order chi connectivity index (χ0) is 13.6. The molecule has 20 heavy (non-hydrogen) atoms. The Morgan fingerprint density at radius 2 is 1.90 bits per heavy atom. The van der Waals surface area contributed by atoms with Crippen LogP contribution in [-0.2, 0) is 6.54 Å². The predicted molar refractivity (Wildman–Crippen MR) is 82.7 cm³/mol. The minimum absolute atomic E-state index is 0.899. The molecule has 3 aromatic rings. The number of nitrogens with one attached hydrogen (secondary N) is 3. The molecule has 3 rings (SSSR count). The standard InChI is InChI=1S/C16H18N4/c1-2-4-13(5-3-1)11-17-8-9-18-15-6-7-16-14(10-15)12-19-20-16/h1-7,10,12,17-18H,8-9,11H2,(H,19,20). The first-order valence-corrected chi connectivity index (χ1v) is 6.83. The molecule has 0 atom stereocenters. The molecule has 4 heteroatoms. The molecule has 3 N–H and O–H groups in total. The van der Waals surface area contributed by atoms with E-state index in [-0.39, 0.29) is 0 Å². The highest BCUT2D eigenvalue weighted by molar-refractivity contribution is 5.81. The van der Waals surface area contributed by atoms with Gasteiger partial charge in [-0.15, -0.1) is 0 Å². The lowest BCUT2D eigenvalue weighted by Gasteiger charge is -2.08.